The van der Waals surface area contributed by atoms with Crippen molar-refractivity contribution in [3.05, 3.63) is 0 Å². The van der Waals surface area contributed by atoms with Crippen LogP contribution in [0.5, 0.6) is 0 Å². The molecule has 2 bridgehead atoms. The lowest BCUT2D eigenvalue weighted by Gasteiger charge is -2.36. The monoisotopic (exact) mass is 153 g/mol. The maximum Gasteiger partial charge on any atom is 0.00723 e. The van der Waals surface area contributed by atoms with Gasteiger partial charge in [0.1, 0.15) is 0 Å². The zero-order valence-corrected chi connectivity index (χ0v) is 7.71. The van der Waals surface area contributed by atoms with Crippen molar-refractivity contribution >= 4 is 0 Å². The molecule has 3 aliphatic heterocycles. The maximum absolute atomic E-state index is 2.70. The van der Waals surface area contributed by atoms with Crippen LogP contribution in [0.1, 0.15) is 39.5 Å². The standard InChI is InChI=1S/C10H19N/c1-8-3-4-10-5-6-11(8)9(2)7-10/h8-10H,3-7H2,1-2H3. The molecule has 1 nitrogen and oxygen atoms in total. The predicted molar refractivity (Wildman–Crippen MR) is 47.6 cm³/mol. The van der Waals surface area contributed by atoms with Crippen LogP contribution in [0.4, 0.5) is 0 Å². The Balaban J connectivity index is 2.13. The number of nitrogens with zero attached hydrogens (tertiary/aromatic N) is 1. The summed E-state index contributed by atoms with van der Waals surface area (Å²) < 4.78 is 0. The molecule has 0 saturated carbocycles. The molecular weight excluding hydrogens is 134 g/mol. The first-order valence-electron chi connectivity index (χ1n) is 5.03. The van der Waals surface area contributed by atoms with E-state index in [1.807, 2.05) is 0 Å². The average molecular weight is 153 g/mol. The molecule has 0 aliphatic carbocycles. The molecule has 0 aromatic rings. The Bertz CT molecular complexity index is 140. The molecule has 3 saturated heterocycles. The number of hydrogen-bond acceptors (Lipinski definition) is 1. The third-order valence-electron chi connectivity index (χ3n) is 3.59. The van der Waals surface area contributed by atoms with E-state index in [2.05, 4.69) is 18.7 Å². The Morgan fingerprint density at radius 1 is 1.00 bits per heavy atom. The van der Waals surface area contributed by atoms with Crippen molar-refractivity contribution in [2.75, 3.05) is 6.54 Å². The lowest BCUT2D eigenvalue weighted by molar-refractivity contribution is 0.118. The highest BCUT2D eigenvalue weighted by Crippen LogP contribution is 2.33. The fourth-order valence-corrected chi connectivity index (χ4v) is 2.85. The van der Waals surface area contributed by atoms with E-state index in [0.717, 1.165) is 18.0 Å². The molecule has 1 heteroatoms. The second kappa shape index (κ2) is 2.78. The molecule has 3 rings (SSSR count). The molecule has 3 heterocycles. The summed E-state index contributed by atoms with van der Waals surface area (Å²) in [6.45, 7) is 6.16. The van der Waals surface area contributed by atoms with Crippen molar-refractivity contribution in [1.82, 2.24) is 4.90 Å². The molecule has 0 aromatic carbocycles. The molecule has 0 aromatic heterocycles. The minimum atomic E-state index is 0.859. The van der Waals surface area contributed by atoms with Crippen LogP contribution >= 0.6 is 0 Å². The summed E-state index contributed by atoms with van der Waals surface area (Å²) in [5.41, 5.74) is 0. The van der Waals surface area contributed by atoms with E-state index < -0.39 is 0 Å². The molecular formula is C10H19N. The zero-order valence-electron chi connectivity index (χ0n) is 7.71. The first kappa shape index (κ1) is 7.60. The van der Waals surface area contributed by atoms with Crippen LogP contribution < -0.4 is 0 Å². The third kappa shape index (κ3) is 1.31. The molecule has 64 valence electrons. The fraction of sp³-hybridized carbons (Fsp3) is 1.00. The van der Waals surface area contributed by atoms with E-state index in [0.29, 0.717) is 0 Å². The summed E-state index contributed by atoms with van der Waals surface area (Å²) in [6, 6.07) is 1.73. The van der Waals surface area contributed by atoms with Gasteiger partial charge in [-0.05, 0) is 52.0 Å². The maximum atomic E-state index is 2.70. The van der Waals surface area contributed by atoms with Crippen LogP contribution in [-0.4, -0.2) is 23.5 Å². The second-order valence-corrected chi connectivity index (χ2v) is 4.40. The lowest BCUT2D eigenvalue weighted by Crippen LogP contribution is -2.42. The molecule has 0 amide bonds. The van der Waals surface area contributed by atoms with E-state index in [-0.39, 0.29) is 0 Å². The minimum absolute atomic E-state index is 0.859. The van der Waals surface area contributed by atoms with Gasteiger partial charge in [0.2, 0.25) is 0 Å². The van der Waals surface area contributed by atoms with Gasteiger partial charge in [-0.1, -0.05) is 0 Å². The van der Waals surface area contributed by atoms with Gasteiger partial charge in [-0.2, -0.15) is 0 Å². The van der Waals surface area contributed by atoms with Crippen LogP contribution in [0.3, 0.4) is 0 Å². The first-order valence-corrected chi connectivity index (χ1v) is 5.03. The van der Waals surface area contributed by atoms with Crippen molar-refractivity contribution in [3.63, 3.8) is 0 Å². The average Bonchev–Trinajstić information content (AvgIpc) is 2.21. The highest BCUT2D eigenvalue weighted by atomic mass is 15.2. The molecule has 0 spiro atoms. The molecule has 0 radical (unpaired) electrons. The van der Waals surface area contributed by atoms with Crippen molar-refractivity contribution in [3.8, 4) is 0 Å². The smallest absolute Gasteiger partial charge is 0.00723 e. The van der Waals surface area contributed by atoms with Gasteiger partial charge in [0.25, 0.3) is 0 Å². The number of rotatable bonds is 0. The number of piperidine rings is 1. The van der Waals surface area contributed by atoms with Gasteiger partial charge in [-0.3, -0.25) is 4.90 Å². The highest BCUT2D eigenvalue weighted by molar-refractivity contribution is 4.86. The Hall–Kier alpha value is -0.0400. The van der Waals surface area contributed by atoms with Crippen LogP contribution in [0.25, 0.3) is 0 Å². The van der Waals surface area contributed by atoms with Gasteiger partial charge in [0.05, 0.1) is 0 Å². The Morgan fingerprint density at radius 3 is 2.55 bits per heavy atom. The fourth-order valence-electron chi connectivity index (χ4n) is 2.85. The van der Waals surface area contributed by atoms with Gasteiger partial charge >= 0.3 is 0 Å². The van der Waals surface area contributed by atoms with Crippen LogP contribution in [0.15, 0.2) is 0 Å². The normalized spacial score (nSPS) is 50.7. The summed E-state index contributed by atoms with van der Waals surface area (Å²) in [6.07, 6.45) is 5.86. The summed E-state index contributed by atoms with van der Waals surface area (Å²) in [7, 11) is 0. The van der Waals surface area contributed by atoms with E-state index in [9.17, 15) is 0 Å². The van der Waals surface area contributed by atoms with Crippen molar-refractivity contribution in [2.45, 2.75) is 51.6 Å². The van der Waals surface area contributed by atoms with Crippen molar-refractivity contribution in [2.24, 2.45) is 5.92 Å². The van der Waals surface area contributed by atoms with Gasteiger partial charge in [0.15, 0.2) is 0 Å². The largest absolute Gasteiger partial charge is 0.298 e. The highest BCUT2D eigenvalue weighted by Gasteiger charge is 2.32. The van der Waals surface area contributed by atoms with E-state index in [1.54, 1.807) is 0 Å². The van der Waals surface area contributed by atoms with E-state index in [4.69, 9.17) is 0 Å². The molecule has 3 aliphatic rings. The second-order valence-electron chi connectivity index (χ2n) is 4.40. The Kier molecular flexibility index (Phi) is 1.92. The van der Waals surface area contributed by atoms with Crippen LogP contribution in [0, 0.1) is 5.92 Å². The van der Waals surface area contributed by atoms with Gasteiger partial charge in [-0.15, -0.1) is 0 Å². The Morgan fingerprint density at radius 2 is 1.82 bits per heavy atom. The van der Waals surface area contributed by atoms with Gasteiger partial charge < -0.3 is 0 Å². The summed E-state index contributed by atoms with van der Waals surface area (Å²) in [4.78, 5) is 2.70. The topological polar surface area (TPSA) is 3.24 Å². The number of fused-ring (bicyclic) bond motifs is 4. The molecule has 0 N–H and O–H groups in total. The molecule has 4 unspecified atom stereocenters. The Labute approximate surface area is 69.8 Å². The number of hydrogen-bond donors (Lipinski definition) is 0. The van der Waals surface area contributed by atoms with E-state index in [1.165, 1.54) is 32.2 Å². The SMILES string of the molecule is CC1CCC2CCN1C(C)C2. The third-order valence-corrected chi connectivity index (χ3v) is 3.59. The first-order chi connectivity index (χ1) is 5.27. The zero-order chi connectivity index (χ0) is 7.84. The summed E-state index contributed by atoms with van der Waals surface area (Å²) in [5.74, 6) is 1.06. The predicted octanol–water partition coefficient (Wildman–Crippen LogP) is 2.27. The van der Waals surface area contributed by atoms with Crippen LogP contribution in [-0.2, 0) is 0 Å². The lowest BCUT2D eigenvalue weighted by atomic mass is 9.91. The van der Waals surface area contributed by atoms with Crippen molar-refractivity contribution in [1.29, 1.82) is 0 Å². The van der Waals surface area contributed by atoms with Gasteiger partial charge in [0, 0.05) is 12.1 Å². The van der Waals surface area contributed by atoms with Crippen LogP contribution in [0.2, 0.25) is 0 Å². The van der Waals surface area contributed by atoms with Gasteiger partial charge in [-0.25, -0.2) is 0 Å². The molecule has 11 heavy (non-hydrogen) atoms. The van der Waals surface area contributed by atoms with Crippen molar-refractivity contribution < 1.29 is 0 Å². The molecule has 3 fully saturated rings. The van der Waals surface area contributed by atoms with E-state index >= 15 is 0 Å². The minimum Gasteiger partial charge on any atom is -0.298 e. The summed E-state index contributed by atoms with van der Waals surface area (Å²) in [5, 5.41) is 0. The molecule has 4 atom stereocenters. The quantitative estimate of drug-likeness (QED) is 0.516. The summed E-state index contributed by atoms with van der Waals surface area (Å²) >= 11 is 0.